The van der Waals surface area contributed by atoms with Crippen LogP contribution in [-0.2, 0) is 0 Å². The van der Waals surface area contributed by atoms with Gasteiger partial charge in [0.05, 0.1) is 5.52 Å². The molecular formula is C13H10N4. The van der Waals surface area contributed by atoms with Crippen LogP contribution in [0.4, 0.5) is 0 Å². The second kappa shape index (κ2) is 3.90. The predicted molar refractivity (Wildman–Crippen MR) is 65.3 cm³/mol. The van der Waals surface area contributed by atoms with Crippen molar-refractivity contribution in [3.8, 4) is 11.5 Å². The van der Waals surface area contributed by atoms with E-state index in [4.69, 9.17) is 0 Å². The zero-order chi connectivity index (χ0) is 11.7. The van der Waals surface area contributed by atoms with Crippen LogP contribution in [0.15, 0.2) is 42.9 Å². The van der Waals surface area contributed by atoms with Crippen molar-refractivity contribution in [3.63, 3.8) is 0 Å². The van der Waals surface area contributed by atoms with E-state index in [0.717, 1.165) is 22.3 Å². The zero-order valence-electron chi connectivity index (χ0n) is 9.33. The van der Waals surface area contributed by atoms with Crippen molar-refractivity contribution in [1.82, 2.24) is 19.9 Å². The van der Waals surface area contributed by atoms with Crippen LogP contribution in [0.2, 0.25) is 0 Å². The Hall–Kier alpha value is -2.36. The minimum atomic E-state index is 0.634. The van der Waals surface area contributed by atoms with E-state index in [0.29, 0.717) is 5.82 Å². The Labute approximate surface area is 98.4 Å². The summed E-state index contributed by atoms with van der Waals surface area (Å²) >= 11 is 0. The van der Waals surface area contributed by atoms with Crippen molar-refractivity contribution >= 4 is 10.9 Å². The molecule has 17 heavy (non-hydrogen) atoms. The highest BCUT2D eigenvalue weighted by Gasteiger charge is 2.04. The van der Waals surface area contributed by atoms with Gasteiger partial charge in [-0.3, -0.25) is 0 Å². The molecule has 0 N–H and O–H groups in total. The summed E-state index contributed by atoms with van der Waals surface area (Å²) in [6.45, 7) is 1.92. The number of hydrogen-bond acceptors (Lipinski definition) is 4. The molecule has 1 aromatic carbocycles. The molecule has 0 atom stereocenters. The summed E-state index contributed by atoms with van der Waals surface area (Å²) in [7, 11) is 0. The van der Waals surface area contributed by atoms with Gasteiger partial charge in [-0.2, -0.15) is 0 Å². The maximum atomic E-state index is 4.49. The van der Waals surface area contributed by atoms with E-state index >= 15 is 0 Å². The Morgan fingerprint density at radius 1 is 1.00 bits per heavy atom. The molecular weight excluding hydrogens is 212 g/mol. The van der Waals surface area contributed by atoms with Crippen molar-refractivity contribution in [2.45, 2.75) is 6.92 Å². The molecule has 0 bridgehead atoms. The van der Waals surface area contributed by atoms with Crippen LogP contribution in [0.3, 0.4) is 0 Å². The van der Waals surface area contributed by atoms with E-state index in [9.17, 15) is 0 Å². The van der Waals surface area contributed by atoms with Crippen LogP contribution in [0, 0.1) is 6.92 Å². The topological polar surface area (TPSA) is 51.6 Å². The highest BCUT2D eigenvalue weighted by molar-refractivity contribution is 5.78. The van der Waals surface area contributed by atoms with Gasteiger partial charge >= 0.3 is 0 Å². The Morgan fingerprint density at radius 2 is 1.88 bits per heavy atom. The number of nitrogens with zero attached hydrogens (tertiary/aromatic N) is 4. The summed E-state index contributed by atoms with van der Waals surface area (Å²) in [5.41, 5.74) is 2.59. The molecule has 0 aliphatic rings. The second-order valence-corrected chi connectivity index (χ2v) is 3.80. The van der Waals surface area contributed by atoms with Gasteiger partial charge in [0.15, 0.2) is 5.82 Å². The van der Waals surface area contributed by atoms with Crippen molar-refractivity contribution in [1.29, 1.82) is 0 Å². The van der Waals surface area contributed by atoms with E-state index < -0.39 is 0 Å². The van der Waals surface area contributed by atoms with Crippen molar-refractivity contribution in [2.24, 2.45) is 0 Å². The number of aryl methyl sites for hydroxylation is 1. The molecule has 4 heteroatoms. The molecule has 0 radical (unpaired) electrons. The summed E-state index contributed by atoms with van der Waals surface area (Å²) in [5.74, 6) is 0.634. The number of fused-ring (bicyclic) bond motifs is 1. The number of benzene rings is 1. The van der Waals surface area contributed by atoms with Crippen molar-refractivity contribution in [2.75, 3.05) is 0 Å². The first-order valence-electron chi connectivity index (χ1n) is 5.34. The van der Waals surface area contributed by atoms with Crippen LogP contribution in [0.1, 0.15) is 5.69 Å². The molecule has 0 aliphatic carbocycles. The Morgan fingerprint density at radius 3 is 2.76 bits per heavy atom. The van der Waals surface area contributed by atoms with Gasteiger partial charge in [0.25, 0.3) is 0 Å². The molecule has 0 saturated carbocycles. The van der Waals surface area contributed by atoms with Crippen molar-refractivity contribution in [3.05, 3.63) is 48.5 Å². The molecule has 2 aromatic heterocycles. The van der Waals surface area contributed by atoms with Crippen LogP contribution < -0.4 is 0 Å². The smallest absolute Gasteiger partial charge is 0.178 e. The molecule has 0 spiro atoms. The van der Waals surface area contributed by atoms with Gasteiger partial charge in [-0.15, -0.1) is 0 Å². The summed E-state index contributed by atoms with van der Waals surface area (Å²) in [5, 5.41) is 1.03. The lowest BCUT2D eigenvalue weighted by molar-refractivity contribution is 1.08. The maximum Gasteiger partial charge on any atom is 0.178 e. The average molecular weight is 222 g/mol. The third-order valence-electron chi connectivity index (χ3n) is 2.52. The van der Waals surface area contributed by atoms with E-state index in [1.54, 1.807) is 0 Å². The quantitative estimate of drug-likeness (QED) is 0.634. The molecule has 0 fully saturated rings. The SMILES string of the molecule is Cc1cc(-c2ncc3ccccc3n2)ncn1. The second-order valence-electron chi connectivity index (χ2n) is 3.80. The molecule has 3 aromatic rings. The van der Waals surface area contributed by atoms with Gasteiger partial charge in [0.2, 0.25) is 0 Å². The van der Waals surface area contributed by atoms with E-state index in [2.05, 4.69) is 19.9 Å². The van der Waals surface area contributed by atoms with Gasteiger partial charge in [-0.05, 0) is 19.1 Å². The van der Waals surface area contributed by atoms with Gasteiger partial charge in [-0.1, -0.05) is 18.2 Å². The highest BCUT2D eigenvalue weighted by atomic mass is 14.9. The van der Waals surface area contributed by atoms with Crippen molar-refractivity contribution < 1.29 is 0 Å². The molecule has 3 rings (SSSR count). The third-order valence-corrected chi connectivity index (χ3v) is 2.52. The Kier molecular flexibility index (Phi) is 2.26. The first-order valence-corrected chi connectivity index (χ1v) is 5.34. The molecule has 4 nitrogen and oxygen atoms in total. The molecule has 0 amide bonds. The fourth-order valence-electron chi connectivity index (χ4n) is 1.67. The molecule has 0 saturated heterocycles. The van der Waals surface area contributed by atoms with E-state index in [-0.39, 0.29) is 0 Å². The van der Waals surface area contributed by atoms with Crippen LogP contribution in [0.5, 0.6) is 0 Å². The Bertz CT molecular complexity index is 679. The van der Waals surface area contributed by atoms with Crippen LogP contribution in [0.25, 0.3) is 22.4 Å². The van der Waals surface area contributed by atoms with Gasteiger partial charge < -0.3 is 0 Å². The number of rotatable bonds is 1. The number of hydrogen-bond donors (Lipinski definition) is 0. The molecule has 0 aliphatic heterocycles. The predicted octanol–water partition coefficient (Wildman–Crippen LogP) is 2.40. The fourth-order valence-corrected chi connectivity index (χ4v) is 1.67. The third kappa shape index (κ3) is 1.85. The molecule has 82 valence electrons. The normalized spacial score (nSPS) is 10.6. The first kappa shape index (κ1) is 9.84. The average Bonchev–Trinajstić information content (AvgIpc) is 2.38. The van der Waals surface area contributed by atoms with E-state index in [1.807, 2.05) is 43.5 Å². The Balaban J connectivity index is 2.18. The monoisotopic (exact) mass is 222 g/mol. The molecule has 0 unspecified atom stereocenters. The lowest BCUT2D eigenvalue weighted by atomic mass is 10.2. The summed E-state index contributed by atoms with van der Waals surface area (Å²) < 4.78 is 0. The minimum Gasteiger partial charge on any atom is -0.242 e. The fraction of sp³-hybridized carbons (Fsp3) is 0.0769. The van der Waals surface area contributed by atoms with Crippen LogP contribution in [-0.4, -0.2) is 19.9 Å². The maximum absolute atomic E-state index is 4.49. The lowest BCUT2D eigenvalue weighted by Gasteiger charge is -2.01. The van der Waals surface area contributed by atoms with Gasteiger partial charge in [0.1, 0.15) is 12.0 Å². The van der Waals surface area contributed by atoms with Gasteiger partial charge in [-0.25, -0.2) is 19.9 Å². The summed E-state index contributed by atoms with van der Waals surface area (Å²) in [6.07, 6.45) is 3.35. The minimum absolute atomic E-state index is 0.634. The first-order chi connectivity index (χ1) is 8.33. The summed E-state index contributed by atoms with van der Waals surface area (Å²) in [6, 6.07) is 9.77. The van der Waals surface area contributed by atoms with Crippen LogP contribution >= 0.6 is 0 Å². The standard InChI is InChI=1S/C13H10N4/c1-9-6-12(16-8-15-9)13-14-7-10-4-2-3-5-11(10)17-13/h2-8H,1H3. The zero-order valence-corrected chi connectivity index (χ0v) is 9.33. The lowest BCUT2D eigenvalue weighted by Crippen LogP contribution is -1.94. The highest BCUT2D eigenvalue weighted by Crippen LogP contribution is 2.16. The number of aromatic nitrogens is 4. The number of para-hydroxylation sites is 1. The van der Waals surface area contributed by atoms with E-state index in [1.165, 1.54) is 6.33 Å². The molecule has 2 heterocycles. The summed E-state index contributed by atoms with van der Waals surface area (Å²) in [4.78, 5) is 17.0. The van der Waals surface area contributed by atoms with Gasteiger partial charge in [0, 0.05) is 17.3 Å². The largest absolute Gasteiger partial charge is 0.242 e.